The van der Waals surface area contributed by atoms with Crippen molar-refractivity contribution in [2.75, 3.05) is 5.32 Å². The molecule has 126 valence electrons. The predicted molar refractivity (Wildman–Crippen MR) is 99.4 cm³/mol. The number of nitrogens with zero attached hydrogens (tertiary/aromatic N) is 5. The minimum absolute atomic E-state index is 0.235. The summed E-state index contributed by atoms with van der Waals surface area (Å²) in [5.74, 6) is 1.51. The number of nitrogens with one attached hydrogen (secondary N) is 2. The van der Waals surface area contributed by atoms with Crippen LogP contribution in [-0.4, -0.2) is 24.9 Å². The second-order valence-electron chi connectivity index (χ2n) is 5.26. The lowest BCUT2D eigenvalue weighted by Gasteiger charge is -2.05. The number of aromatic amines is 1. The molecule has 0 fully saturated rings. The van der Waals surface area contributed by atoms with E-state index in [1.807, 2.05) is 6.07 Å². The Morgan fingerprint density at radius 1 is 1.04 bits per heavy atom. The van der Waals surface area contributed by atoms with Crippen LogP contribution in [0.5, 0.6) is 0 Å². The van der Waals surface area contributed by atoms with Crippen molar-refractivity contribution >= 4 is 45.9 Å². The zero-order chi connectivity index (χ0) is 18.1. The number of rotatable bonds is 3. The second kappa shape index (κ2) is 6.59. The monoisotopic (exact) mass is 381 g/mol. The van der Waals surface area contributed by atoms with E-state index in [0.717, 1.165) is 0 Å². The van der Waals surface area contributed by atoms with Crippen LogP contribution in [0, 0.1) is 11.3 Å². The summed E-state index contributed by atoms with van der Waals surface area (Å²) in [6, 6.07) is 8.97. The molecule has 0 saturated heterocycles. The third-order valence-electron chi connectivity index (χ3n) is 3.62. The maximum atomic E-state index is 8.80. The molecular weight excluding hydrogens is 373 g/mol. The van der Waals surface area contributed by atoms with E-state index in [1.165, 1.54) is 12.4 Å². The van der Waals surface area contributed by atoms with Crippen LogP contribution in [0.2, 0.25) is 10.0 Å². The van der Waals surface area contributed by atoms with Crippen molar-refractivity contribution in [3.63, 3.8) is 0 Å². The molecule has 1 aromatic carbocycles. The SMILES string of the molecule is N#Cc1cnc(Nc2nccc3nc(-c4c(Cl)cccc4Cl)[nH]c23)cn1. The number of H-pyrrole nitrogens is 1. The molecule has 0 aliphatic carbocycles. The van der Waals surface area contributed by atoms with Gasteiger partial charge in [0.15, 0.2) is 11.5 Å². The lowest BCUT2D eigenvalue weighted by Crippen LogP contribution is -1.98. The summed E-state index contributed by atoms with van der Waals surface area (Å²) in [5, 5.41) is 12.9. The van der Waals surface area contributed by atoms with Gasteiger partial charge in [-0.1, -0.05) is 29.3 Å². The van der Waals surface area contributed by atoms with Gasteiger partial charge < -0.3 is 10.3 Å². The third kappa shape index (κ3) is 2.92. The van der Waals surface area contributed by atoms with Crippen molar-refractivity contribution in [2.45, 2.75) is 0 Å². The van der Waals surface area contributed by atoms with Gasteiger partial charge in [0.05, 0.1) is 33.5 Å². The van der Waals surface area contributed by atoms with Gasteiger partial charge in [0.2, 0.25) is 0 Å². The zero-order valence-corrected chi connectivity index (χ0v) is 14.5. The summed E-state index contributed by atoms with van der Waals surface area (Å²) in [6.45, 7) is 0. The van der Waals surface area contributed by atoms with Gasteiger partial charge in [-0.2, -0.15) is 5.26 Å². The summed E-state index contributed by atoms with van der Waals surface area (Å²) in [6.07, 6.45) is 4.46. The molecule has 0 atom stereocenters. The second-order valence-corrected chi connectivity index (χ2v) is 6.07. The molecule has 4 rings (SSSR count). The number of pyridine rings is 1. The van der Waals surface area contributed by atoms with E-state index < -0.39 is 0 Å². The molecule has 0 unspecified atom stereocenters. The molecular formula is C17H9Cl2N7. The van der Waals surface area contributed by atoms with Crippen molar-refractivity contribution in [1.82, 2.24) is 24.9 Å². The number of benzene rings is 1. The minimum atomic E-state index is 0.235. The Morgan fingerprint density at radius 3 is 2.54 bits per heavy atom. The Morgan fingerprint density at radius 2 is 1.85 bits per heavy atom. The maximum absolute atomic E-state index is 8.80. The van der Waals surface area contributed by atoms with E-state index in [-0.39, 0.29) is 5.69 Å². The Balaban J connectivity index is 1.77. The minimum Gasteiger partial charge on any atom is -0.335 e. The Bertz CT molecular complexity index is 1130. The Kier molecular flexibility index (Phi) is 4.13. The number of fused-ring (bicyclic) bond motifs is 1. The van der Waals surface area contributed by atoms with E-state index in [2.05, 4.69) is 30.2 Å². The fourth-order valence-electron chi connectivity index (χ4n) is 2.44. The first-order chi connectivity index (χ1) is 12.7. The number of nitriles is 1. The molecule has 0 radical (unpaired) electrons. The number of aromatic nitrogens is 5. The van der Waals surface area contributed by atoms with E-state index in [1.54, 1.807) is 30.5 Å². The molecule has 0 aliphatic heterocycles. The first-order valence-electron chi connectivity index (χ1n) is 7.44. The molecule has 0 saturated carbocycles. The van der Waals surface area contributed by atoms with E-state index in [9.17, 15) is 0 Å². The van der Waals surface area contributed by atoms with Crippen molar-refractivity contribution < 1.29 is 0 Å². The van der Waals surface area contributed by atoms with Gasteiger partial charge in [0.25, 0.3) is 0 Å². The molecule has 7 nitrogen and oxygen atoms in total. The van der Waals surface area contributed by atoms with Crippen LogP contribution in [0.3, 0.4) is 0 Å². The largest absolute Gasteiger partial charge is 0.335 e. The highest BCUT2D eigenvalue weighted by Crippen LogP contribution is 2.34. The topological polar surface area (TPSA) is 103 Å². The average molecular weight is 382 g/mol. The quantitative estimate of drug-likeness (QED) is 0.547. The van der Waals surface area contributed by atoms with E-state index >= 15 is 0 Å². The maximum Gasteiger partial charge on any atom is 0.158 e. The van der Waals surface area contributed by atoms with Crippen LogP contribution >= 0.6 is 23.2 Å². The highest BCUT2D eigenvalue weighted by Gasteiger charge is 2.15. The molecule has 9 heteroatoms. The summed E-state index contributed by atoms with van der Waals surface area (Å²) < 4.78 is 0. The van der Waals surface area contributed by atoms with Crippen molar-refractivity contribution in [3.8, 4) is 17.5 Å². The van der Waals surface area contributed by atoms with E-state index in [0.29, 0.717) is 44.1 Å². The summed E-state index contributed by atoms with van der Waals surface area (Å²) in [4.78, 5) is 20.2. The predicted octanol–water partition coefficient (Wildman–Crippen LogP) is 4.34. The summed E-state index contributed by atoms with van der Waals surface area (Å²) >= 11 is 12.5. The highest BCUT2D eigenvalue weighted by atomic mass is 35.5. The molecule has 0 amide bonds. The van der Waals surface area contributed by atoms with Crippen LogP contribution in [0.15, 0.2) is 42.9 Å². The molecule has 26 heavy (non-hydrogen) atoms. The first kappa shape index (κ1) is 16.3. The summed E-state index contributed by atoms with van der Waals surface area (Å²) in [5.41, 5.74) is 2.22. The smallest absolute Gasteiger partial charge is 0.158 e. The van der Waals surface area contributed by atoms with Gasteiger partial charge in [-0.05, 0) is 18.2 Å². The Hall–Kier alpha value is -3.21. The first-order valence-corrected chi connectivity index (χ1v) is 8.19. The van der Waals surface area contributed by atoms with Gasteiger partial charge >= 0.3 is 0 Å². The molecule has 0 bridgehead atoms. The number of hydrogen-bond acceptors (Lipinski definition) is 6. The van der Waals surface area contributed by atoms with Crippen LogP contribution in [0.1, 0.15) is 5.69 Å². The van der Waals surface area contributed by atoms with Gasteiger partial charge in [-0.3, -0.25) is 0 Å². The normalized spacial score (nSPS) is 10.7. The molecule has 0 spiro atoms. The van der Waals surface area contributed by atoms with Crippen LogP contribution in [0.4, 0.5) is 11.6 Å². The zero-order valence-electron chi connectivity index (χ0n) is 13.0. The van der Waals surface area contributed by atoms with Crippen molar-refractivity contribution in [2.24, 2.45) is 0 Å². The van der Waals surface area contributed by atoms with Gasteiger partial charge in [-0.25, -0.2) is 19.9 Å². The average Bonchev–Trinajstić information content (AvgIpc) is 3.07. The highest BCUT2D eigenvalue weighted by molar-refractivity contribution is 6.39. The Labute approximate surface area is 157 Å². The summed E-state index contributed by atoms with van der Waals surface area (Å²) in [7, 11) is 0. The number of hydrogen-bond donors (Lipinski definition) is 2. The molecule has 2 N–H and O–H groups in total. The fraction of sp³-hybridized carbons (Fsp3) is 0. The van der Waals surface area contributed by atoms with E-state index in [4.69, 9.17) is 28.5 Å². The van der Waals surface area contributed by atoms with Crippen molar-refractivity contribution in [1.29, 1.82) is 5.26 Å². The van der Waals surface area contributed by atoms with Crippen LogP contribution in [-0.2, 0) is 0 Å². The molecule has 4 aromatic rings. The third-order valence-corrected chi connectivity index (χ3v) is 4.25. The van der Waals surface area contributed by atoms with Gasteiger partial charge in [0.1, 0.15) is 23.2 Å². The number of halogens is 2. The van der Waals surface area contributed by atoms with Gasteiger partial charge in [0, 0.05) is 6.20 Å². The molecule has 3 aromatic heterocycles. The standard InChI is InChI=1S/C17H9Cl2N7/c18-10-2-1-3-11(19)14(10)16-24-12-4-5-21-17(15(12)26-16)25-13-8-22-9(6-20)7-23-13/h1-5,7-8H,(H,24,26)(H,21,23,25). The number of anilines is 2. The van der Waals surface area contributed by atoms with Gasteiger partial charge in [-0.15, -0.1) is 0 Å². The molecule has 0 aliphatic rings. The number of imidazole rings is 1. The lowest BCUT2D eigenvalue weighted by atomic mass is 10.2. The lowest BCUT2D eigenvalue weighted by molar-refractivity contribution is 1.15. The molecule has 3 heterocycles. The fourth-order valence-corrected chi connectivity index (χ4v) is 3.02. The van der Waals surface area contributed by atoms with Crippen molar-refractivity contribution in [3.05, 3.63) is 58.6 Å². The van der Waals surface area contributed by atoms with Crippen LogP contribution in [0.25, 0.3) is 22.4 Å². The van der Waals surface area contributed by atoms with Crippen LogP contribution < -0.4 is 5.32 Å².